The molecule has 0 atom stereocenters. The predicted molar refractivity (Wildman–Crippen MR) is 106 cm³/mol. The van der Waals surface area contributed by atoms with Gasteiger partial charge < -0.3 is 4.90 Å². The summed E-state index contributed by atoms with van der Waals surface area (Å²) in [5.74, 6) is -0.0176. The summed E-state index contributed by atoms with van der Waals surface area (Å²) in [6.07, 6.45) is 1.52. The Kier molecular flexibility index (Phi) is 5.20. The third kappa shape index (κ3) is 4.12. The Morgan fingerprint density at radius 2 is 1.36 bits per heavy atom. The van der Waals surface area contributed by atoms with Gasteiger partial charge in [-0.15, -0.1) is 5.10 Å². The summed E-state index contributed by atoms with van der Waals surface area (Å²) >= 11 is 0. The maximum atomic E-state index is 13.2. The summed E-state index contributed by atoms with van der Waals surface area (Å²) in [5, 5.41) is 11.1. The summed E-state index contributed by atoms with van der Waals surface area (Å²) in [7, 11) is 0. The average molecular weight is 369 g/mol. The summed E-state index contributed by atoms with van der Waals surface area (Å²) in [6, 6.07) is 27.3. The molecule has 28 heavy (non-hydrogen) atoms. The van der Waals surface area contributed by atoms with E-state index in [9.17, 15) is 4.79 Å². The molecule has 0 saturated heterocycles. The molecule has 0 aliphatic heterocycles. The van der Waals surface area contributed by atoms with E-state index < -0.39 is 0 Å². The van der Waals surface area contributed by atoms with Gasteiger partial charge in [-0.3, -0.25) is 4.79 Å². The van der Waals surface area contributed by atoms with Crippen LogP contribution in [-0.2, 0) is 13.1 Å². The molecule has 4 rings (SSSR count). The van der Waals surface area contributed by atoms with Gasteiger partial charge in [0, 0.05) is 18.7 Å². The number of rotatable bonds is 6. The van der Waals surface area contributed by atoms with Crippen molar-refractivity contribution in [3.63, 3.8) is 0 Å². The topological polar surface area (TPSA) is 63.9 Å². The van der Waals surface area contributed by atoms with Gasteiger partial charge >= 0.3 is 0 Å². The van der Waals surface area contributed by atoms with E-state index in [0.717, 1.165) is 16.8 Å². The monoisotopic (exact) mass is 369 g/mol. The molecule has 0 radical (unpaired) electrons. The van der Waals surface area contributed by atoms with E-state index in [4.69, 9.17) is 0 Å². The predicted octanol–water partition coefficient (Wildman–Crippen LogP) is 3.50. The molecular weight excluding hydrogens is 350 g/mol. The Balaban J connectivity index is 1.58. The van der Waals surface area contributed by atoms with Crippen molar-refractivity contribution in [2.45, 2.75) is 13.1 Å². The molecule has 0 spiro atoms. The average Bonchev–Trinajstić information content (AvgIpc) is 3.29. The number of nitrogens with zero attached hydrogens (tertiary/aromatic N) is 5. The maximum absolute atomic E-state index is 13.2. The van der Waals surface area contributed by atoms with Gasteiger partial charge in [-0.05, 0) is 45.8 Å². The lowest BCUT2D eigenvalue weighted by Gasteiger charge is -2.23. The minimum atomic E-state index is -0.0176. The minimum absolute atomic E-state index is 0.0176. The molecule has 0 aliphatic rings. The normalized spacial score (nSPS) is 10.6. The van der Waals surface area contributed by atoms with Crippen molar-refractivity contribution in [2.75, 3.05) is 0 Å². The van der Waals surface area contributed by atoms with Crippen LogP contribution < -0.4 is 0 Å². The zero-order chi connectivity index (χ0) is 19.2. The second kappa shape index (κ2) is 8.26. The Morgan fingerprint density at radius 1 is 0.786 bits per heavy atom. The number of amides is 1. The van der Waals surface area contributed by atoms with Crippen LogP contribution >= 0.6 is 0 Å². The van der Waals surface area contributed by atoms with Crippen LogP contribution in [-0.4, -0.2) is 31.0 Å². The molecule has 0 saturated carbocycles. The zero-order valence-corrected chi connectivity index (χ0v) is 15.2. The Hall–Kier alpha value is -3.80. The molecule has 0 aliphatic carbocycles. The fraction of sp³-hybridized carbons (Fsp3) is 0.0909. The van der Waals surface area contributed by atoms with E-state index >= 15 is 0 Å². The molecular formula is C22H19N5O. The standard InChI is InChI=1S/C22H19N5O/c28-22(20-11-13-21(14-12-20)27-17-23-24-25-27)26(15-18-7-3-1-4-8-18)16-19-9-5-2-6-10-19/h1-14,17H,15-16H2. The second-order valence-corrected chi connectivity index (χ2v) is 6.43. The highest BCUT2D eigenvalue weighted by molar-refractivity contribution is 5.94. The summed E-state index contributed by atoms with van der Waals surface area (Å²) < 4.78 is 1.56. The molecule has 138 valence electrons. The Bertz CT molecular complexity index is 974. The van der Waals surface area contributed by atoms with Crippen molar-refractivity contribution in [3.05, 3.63) is 108 Å². The molecule has 0 N–H and O–H groups in total. The molecule has 1 aromatic heterocycles. The quantitative estimate of drug-likeness (QED) is 0.522. The summed E-state index contributed by atoms with van der Waals surface area (Å²) in [6.45, 7) is 1.09. The lowest BCUT2D eigenvalue weighted by Crippen LogP contribution is -2.30. The third-order valence-corrected chi connectivity index (χ3v) is 4.45. The Labute approximate surface area is 163 Å². The molecule has 4 aromatic rings. The van der Waals surface area contributed by atoms with Gasteiger partial charge in [0.05, 0.1) is 5.69 Å². The highest BCUT2D eigenvalue weighted by Gasteiger charge is 2.17. The smallest absolute Gasteiger partial charge is 0.254 e. The molecule has 6 heteroatoms. The first kappa shape index (κ1) is 17.6. The number of benzene rings is 3. The van der Waals surface area contributed by atoms with E-state index in [-0.39, 0.29) is 5.91 Å². The Morgan fingerprint density at radius 3 is 1.86 bits per heavy atom. The third-order valence-electron chi connectivity index (χ3n) is 4.45. The fourth-order valence-electron chi connectivity index (χ4n) is 3.03. The number of aromatic nitrogens is 4. The second-order valence-electron chi connectivity index (χ2n) is 6.43. The minimum Gasteiger partial charge on any atom is -0.330 e. The van der Waals surface area contributed by atoms with Crippen molar-refractivity contribution in [1.82, 2.24) is 25.1 Å². The van der Waals surface area contributed by atoms with Crippen LogP contribution in [0.4, 0.5) is 0 Å². The highest BCUT2D eigenvalue weighted by Crippen LogP contribution is 2.16. The van der Waals surface area contributed by atoms with E-state index in [0.29, 0.717) is 18.7 Å². The first-order valence-electron chi connectivity index (χ1n) is 9.00. The maximum Gasteiger partial charge on any atom is 0.254 e. The molecule has 6 nitrogen and oxygen atoms in total. The van der Waals surface area contributed by atoms with Gasteiger partial charge in [0.15, 0.2) is 0 Å². The van der Waals surface area contributed by atoms with Gasteiger partial charge in [0.25, 0.3) is 5.91 Å². The SMILES string of the molecule is O=C(c1ccc(-n2cnnn2)cc1)N(Cc1ccccc1)Cc1ccccc1. The van der Waals surface area contributed by atoms with Crippen LogP contribution in [0, 0.1) is 0 Å². The van der Waals surface area contributed by atoms with Gasteiger partial charge in [0.2, 0.25) is 0 Å². The van der Waals surface area contributed by atoms with E-state index in [1.54, 1.807) is 4.68 Å². The molecule has 3 aromatic carbocycles. The first-order chi connectivity index (χ1) is 13.8. The molecule has 0 unspecified atom stereocenters. The zero-order valence-electron chi connectivity index (χ0n) is 15.2. The molecule has 1 amide bonds. The first-order valence-corrected chi connectivity index (χ1v) is 9.00. The van der Waals surface area contributed by atoms with E-state index in [1.807, 2.05) is 89.8 Å². The van der Waals surface area contributed by atoms with Crippen LogP contribution in [0.15, 0.2) is 91.3 Å². The van der Waals surface area contributed by atoms with Crippen LogP contribution in [0.2, 0.25) is 0 Å². The summed E-state index contributed by atoms with van der Waals surface area (Å²) in [5.41, 5.74) is 3.62. The number of tetrazole rings is 1. The lowest BCUT2D eigenvalue weighted by molar-refractivity contribution is 0.0730. The lowest BCUT2D eigenvalue weighted by atomic mass is 10.1. The van der Waals surface area contributed by atoms with Crippen molar-refractivity contribution in [2.24, 2.45) is 0 Å². The number of carbonyl (C=O) groups excluding carboxylic acids is 1. The van der Waals surface area contributed by atoms with Gasteiger partial charge in [-0.25, -0.2) is 4.68 Å². The van der Waals surface area contributed by atoms with E-state index in [1.165, 1.54) is 6.33 Å². The fourth-order valence-corrected chi connectivity index (χ4v) is 3.03. The van der Waals surface area contributed by atoms with Crippen LogP contribution in [0.3, 0.4) is 0 Å². The van der Waals surface area contributed by atoms with Crippen LogP contribution in [0.1, 0.15) is 21.5 Å². The van der Waals surface area contributed by atoms with Gasteiger partial charge in [-0.1, -0.05) is 60.7 Å². The number of hydrogen-bond acceptors (Lipinski definition) is 4. The van der Waals surface area contributed by atoms with Crippen molar-refractivity contribution < 1.29 is 4.79 Å². The van der Waals surface area contributed by atoms with Crippen molar-refractivity contribution in [1.29, 1.82) is 0 Å². The number of carbonyl (C=O) groups is 1. The van der Waals surface area contributed by atoms with E-state index in [2.05, 4.69) is 15.5 Å². The van der Waals surface area contributed by atoms with Crippen LogP contribution in [0.5, 0.6) is 0 Å². The molecule has 0 fully saturated rings. The number of hydrogen-bond donors (Lipinski definition) is 0. The molecule has 0 bridgehead atoms. The van der Waals surface area contributed by atoms with Gasteiger partial charge in [-0.2, -0.15) is 0 Å². The summed E-state index contributed by atoms with van der Waals surface area (Å²) in [4.78, 5) is 15.1. The van der Waals surface area contributed by atoms with Crippen molar-refractivity contribution >= 4 is 5.91 Å². The van der Waals surface area contributed by atoms with Gasteiger partial charge in [0.1, 0.15) is 6.33 Å². The highest BCUT2D eigenvalue weighted by atomic mass is 16.2. The van der Waals surface area contributed by atoms with Crippen LogP contribution in [0.25, 0.3) is 5.69 Å². The van der Waals surface area contributed by atoms with Crippen molar-refractivity contribution in [3.8, 4) is 5.69 Å². The molecule has 1 heterocycles. The largest absolute Gasteiger partial charge is 0.330 e.